The number of carbonyl (C=O) groups excluding carboxylic acids is 2. The number of hydrogen-bond acceptors (Lipinski definition) is 4. The van der Waals surface area contributed by atoms with Crippen molar-refractivity contribution in [2.24, 2.45) is 11.7 Å². The van der Waals surface area contributed by atoms with E-state index in [0.29, 0.717) is 6.42 Å². The van der Waals surface area contributed by atoms with Gasteiger partial charge in [-0.1, -0.05) is 19.3 Å². The van der Waals surface area contributed by atoms with Gasteiger partial charge in [0.1, 0.15) is 0 Å². The summed E-state index contributed by atoms with van der Waals surface area (Å²) in [5, 5.41) is 2.99. The molecule has 3 N–H and O–H groups in total. The molecule has 1 rings (SSSR count). The second-order valence-electron chi connectivity index (χ2n) is 5.65. The van der Waals surface area contributed by atoms with Gasteiger partial charge in [-0.3, -0.25) is 9.59 Å². The van der Waals surface area contributed by atoms with Gasteiger partial charge >= 0.3 is 5.97 Å². The van der Waals surface area contributed by atoms with E-state index in [1.165, 1.54) is 7.11 Å². The van der Waals surface area contributed by atoms with Crippen LogP contribution in [0.15, 0.2) is 0 Å². The van der Waals surface area contributed by atoms with Crippen molar-refractivity contribution in [1.29, 1.82) is 0 Å². The standard InChI is InChI=1S/C15H28N2O3.ClH/c1-20-14(18)7-5-3-2-4-6-10-17-15(19)12-8-9-13(16)11-12;/h12-13H,2-11,16H2,1H3,(H,17,19);1H. The minimum Gasteiger partial charge on any atom is -0.469 e. The maximum Gasteiger partial charge on any atom is 0.305 e. The molecular formula is C15H29ClN2O3. The highest BCUT2D eigenvalue weighted by Gasteiger charge is 2.27. The first-order valence-electron chi connectivity index (χ1n) is 7.73. The van der Waals surface area contributed by atoms with Gasteiger partial charge in [0.05, 0.1) is 7.11 Å². The molecule has 0 saturated heterocycles. The molecular weight excluding hydrogens is 292 g/mol. The predicted octanol–water partition coefficient (Wildman–Crippen LogP) is 2.17. The number of nitrogens with one attached hydrogen (secondary N) is 1. The summed E-state index contributed by atoms with van der Waals surface area (Å²) in [6.45, 7) is 0.752. The highest BCUT2D eigenvalue weighted by Crippen LogP contribution is 2.23. The van der Waals surface area contributed by atoms with Gasteiger partial charge in [-0.05, 0) is 32.1 Å². The maximum atomic E-state index is 11.8. The molecule has 0 aliphatic heterocycles. The third-order valence-corrected chi connectivity index (χ3v) is 3.93. The normalized spacial score (nSPS) is 20.7. The third-order valence-electron chi connectivity index (χ3n) is 3.93. The lowest BCUT2D eigenvalue weighted by Gasteiger charge is -2.10. The zero-order valence-electron chi connectivity index (χ0n) is 12.9. The Balaban J connectivity index is 0.00000400. The van der Waals surface area contributed by atoms with E-state index in [-0.39, 0.29) is 36.2 Å². The van der Waals surface area contributed by atoms with Gasteiger partial charge in [-0.2, -0.15) is 0 Å². The Morgan fingerprint density at radius 2 is 1.81 bits per heavy atom. The van der Waals surface area contributed by atoms with Crippen LogP contribution < -0.4 is 11.1 Å². The van der Waals surface area contributed by atoms with Crippen LogP contribution in [0.5, 0.6) is 0 Å². The molecule has 1 fully saturated rings. The van der Waals surface area contributed by atoms with Crippen LogP contribution in [-0.4, -0.2) is 31.6 Å². The van der Waals surface area contributed by atoms with Crippen LogP contribution in [0.1, 0.15) is 57.8 Å². The molecule has 2 unspecified atom stereocenters. The predicted molar refractivity (Wildman–Crippen MR) is 85.3 cm³/mol. The number of ether oxygens (including phenoxy) is 1. The molecule has 1 saturated carbocycles. The first kappa shape index (κ1) is 20.2. The van der Waals surface area contributed by atoms with E-state index < -0.39 is 0 Å². The molecule has 0 radical (unpaired) electrons. The molecule has 124 valence electrons. The molecule has 1 aliphatic rings. The van der Waals surface area contributed by atoms with Crippen LogP contribution in [0.2, 0.25) is 0 Å². The largest absolute Gasteiger partial charge is 0.469 e. The van der Waals surface area contributed by atoms with Gasteiger partial charge in [0, 0.05) is 24.9 Å². The number of rotatable bonds is 9. The molecule has 5 nitrogen and oxygen atoms in total. The fraction of sp³-hybridized carbons (Fsp3) is 0.867. The summed E-state index contributed by atoms with van der Waals surface area (Å²) < 4.78 is 4.58. The zero-order valence-corrected chi connectivity index (χ0v) is 13.8. The van der Waals surface area contributed by atoms with Crippen LogP contribution >= 0.6 is 12.4 Å². The summed E-state index contributed by atoms with van der Waals surface area (Å²) in [7, 11) is 1.42. The smallest absolute Gasteiger partial charge is 0.305 e. The molecule has 0 aromatic rings. The summed E-state index contributed by atoms with van der Waals surface area (Å²) in [5.41, 5.74) is 5.80. The van der Waals surface area contributed by atoms with Gasteiger partial charge in [0.15, 0.2) is 0 Å². The Bertz CT molecular complexity index is 313. The second kappa shape index (κ2) is 11.8. The number of unbranched alkanes of at least 4 members (excludes halogenated alkanes) is 4. The van der Waals surface area contributed by atoms with E-state index in [4.69, 9.17) is 5.73 Å². The molecule has 21 heavy (non-hydrogen) atoms. The number of halogens is 1. The van der Waals surface area contributed by atoms with Crippen LogP contribution in [0.25, 0.3) is 0 Å². The van der Waals surface area contributed by atoms with Crippen molar-refractivity contribution in [3.05, 3.63) is 0 Å². The second-order valence-corrected chi connectivity index (χ2v) is 5.65. The minimum atomic E-state index is -0.132. The van der Waals surface area contributed by atoms with Crippen molar-refractivity contribution in [2.45, 2.75) is 63.8 Å². The van der Waals surface area contributed by atoms with Crippen LogP contribution in [0, 0.1) is 5.92 Å². The van der Waals surface area contributed by atoms with Crippen molar-refractivity contribution < 1.29 is 14.3 Å². The monoisotopic (exact) mass is 320 g/mol. The van der Waals surface area contributed by atoms with Gasteiger partial charge in [0.25, 0.3) is 0 Å². The number of amides is 1. The lowest BCUT2D eigenvalue weighted by Crippen LogP contribution is -2.31. The van der Waals surface area contributed by atoms with Gasteiger partial charge in [0.2, 0.25) is 5.91 Å². The topological polar surface area (TPSA) is 81.4 Å². The SMILES string of the molecule is COC(=O)CCCCCCCNC(=O)C1CCC(N)C1.Cl. The van der Waals surface area contributed by atoms with E-state index in [1.807, 2.05) is 0 Å². The van der Waals surface area contributed by atoms with Crippen molar-refractivity contribution in [3.63, 3.8) is 0 Å². The molecule has 0 bridgehead atoms. The van der Waals surface area contributed by atoms with E-state index >= 15 is 0 Å². The highest BCUT2D eigenvalue weighted by molar-refractivity contribution is 5.85. The van der Waals surface area contributed by atoms with Crippen molar-refractivity contribution in [1.82, 2.24) is 5.32 Å². The zero-order chi connectivity index (χ0) is 14.8. The van der Waals surface area contributed by atoms with Crippen molar-refractivity contribution >= 4 is 24.3 Å². The van der Waals surface area contributed by atoms with Gasteiger partial charge < -0.3 is 15.8 Å². The van der Waals surface area contributed by atoms with E-state index in [0.717, 1.165) is 57.9 Å². The Labute approximate surface area is 133 Å². The summed E-state index contributed by atoms with van der Waals surface area (Å²) in [5.74, 6) is 0.167. The summed E-state index contributed by atoms with van der Waals surface area (Å²) in [4.78, 5) is 22.7. The molecule has 0 spiro atoms. The highest BCUT2D eigenvalue weighted by atomic mass is 35.5. The lowest BCUT2D eigenvalue weighted by atomic mass is 10.1. The fourth-order valence-corrected chi connectivity index (χ4v) is 2.64. The van der Waals surface area contributed by atoms with Gasteiger partial charge in [-0.25, -0.2) is 0 Å². The molecule has 1 amide bonds. The van der Waals surface area contributed by atoms with Crippen molar-refractivity contribution in [3.8, 4) is 0 Å². The Hall–Kier alpha value is -0.810. The minimum absolute atomic E-state index is 0. The number of methoxy groups -OCH3 is 1. The number of esters is 1. The number of nitrogens with two attached hydrogens (primary N) is 1. The third kappa shape index (κ3) is 8.94. The summed E-state index contributed by atoms with van der Waals surface area (Å²) >= 11 is 0. The quantitative estimate of drug-likeness (QED) is 0.504. The molecule has 1 aliphatic carbocycles. The molecule has 0 aromatic carbocycles. The van der Waals surface area contributed by atoms with Crippen LogP contribution in [0.3, 0.4) is 0 Å². The lowest BCUT2D eigenvalue weighted by molar-refractivity contribution is -0.140. The molecule has 2 atom stereocenters. The van der Waals surface area contributed by atoms with Crippen LogP contribution in [-0.2, 0) is 14.3 Å². The number of carbonyl (C=O) groups is 2. The molecule has 6 heteroatoms. The Morgan fingerprint density at radius 3 is 2.43 bits per heavy atom. The van der Waals surface area contributed by atoms with Crippen LogP contribution in [0.4, 0.5) is 0 Å². The van der Waals surface area contributed by atoms with Gasteiger partial charge in [-0.15, -0.1) is 12.4 Å². The maximum absolute atomic E-state index is 11.8. The Morgan fingerprint density at radius 1 is 1.14 bits per heavy atom. The fourth-order valence-electron chi connectivity index (χ4n) is 2.64. The Kier molecular flexibility index (Phi) is 11.4. The average Bonchev–Trinajstić information content (AvgIpc) is 2.87. The first-order valence-corrected chi connectivity index (χ1v) is 7.73. The van der Waals surface area contributed by atoms with E-state index in [2.05, 4.69) is 10.1 Å². The van der Waals surface area contributed by atoms with E-state index in [9.17, 15) is 9.59 Å². The first-order chi connectivity index (χ1) is 9.63. The average molecular weight is 321 g/mol. The van der Waals surface area contributed by atoms with E-state index in [1.54, 1.807) is 0 Å². The molecule has 0 aromatic heterocycles. The van der Waals surface area contributed by atoms with Crippen molar-refractivity contribution in [2.75, 3.05) is 13.7 Å². The number of hydrogen-bond donors (Lipinski definition) is 2. The molecule has 0 heterocycles. The summed E-state index contributed by atoms with van der Waals surface area (Å²) in [6.07, 6.45) is 8.36. The summed E-state index contributed by atoms with van der Waals surface area (Å²) in [6, 6.07) is 0.209.